The molecule has 0 radical (unpaired) electrons. The summed E-state index contributed by atoms with van der Waals surface area (Å²) in [6.07, 6.45) is 1.07. The first kappa shape index (κ1) is 12.3. The molecule has 0 amide bonds. The van der Waals surface area contributed by atoms with Crippen LogP contribution in [0.25, 0.3) is 10.4 Å². The maximum Gasteiger partial charge on any atom is 0.0698 e. The van der Waals surface area contributed by atoms with E-state index in [-0.39, 0.29) is 6.61 Å². The summed E-state index contributed by atoms with van der Waals surface area (Å²) in [6.45, 7) is 6.49. The van der Waals surface area contributed by atoms with Gasteiger partial charge in [0.1, 0.15) is 0 Å². The fourth-order valence-corrected chi connectivity index (χ4v) is 3.17. The highest BCUT2D eigenvalue weighted by Crippen LogP contribution is 2.36. The predicted molar refractivity (Wildman–Crippen MR) is 74.5 cm³/mol. The van der Waals surface area contributed by atoms with Gasteiger partial charge in [-0.2, -0.15) is 0 Å². The van der Waals surface area contributed by atoms with Gasteiger partial charge in [-0.05, 0) is 42.5 Å². The number of aryl methyl sites for hydroxylation is 2. The van der Waals surface area contributed by atoms with Crippen LogP contribution in [0.1, 0.15) is 28.5 Å². The molecular weight excluding hydrogens is 228 g/mol. The second-order valence-electron chi connectivity index (χ2n) is 4.30. The molecule has 1 nitrogen and oxygen atoms in total. The van der Waals surface area contributed by atoms with Crippen LogP contribution in [0, 0.1) is 13.8 Å². The second-order valence-corrected chi connectivity index (χ2v) is 5.52. The summed E-state index contributed by atoms with van der Waals surface area (Å²) in [5.41, 5.74) is 4.88. The van der Waals surface area contributed by atoms with Crippen molar-refractivity contribution in [2.45, 2.75) is 33.8 Å². The first-order chi connectivity index (χ1) is 8.17. The number of hydrogen-bond donors (Lipinski definition) is 1. The molecule has 1 heterocycles. The molecule has 2 heteroatoms. The molecule has 2 rings (SSSR count). The lowest BCUT2D eigenvalue weighted by molar-refractivity contribution is 0.282. The molecule has 1 aromatic carbocycles. The van der Waals surface area contributed by atoms with Crippen molar-refractivity contribution in [2.75, 3.05) is 0 Å². The Morgan fingerprint density at radius 1 is 1.12 bits per heavy atom. The van der Waals surface area contributed by atoms with Crippen LogP contribution in [-0.2, 0) is 13.0 Å². The van der Waals surface area contributed by atoms with Crippen LogP contribution < -0.4 is 0 Å². The Kier molecular flexibility index (Phi) is 3.65. The smallest absolute Gasteiger partial charge is 0.0698 e. The van der Waals surface area contributed by atoms with Gasteiger partial charge < -0.3 is 5.11 Å². The SMILES string of the molecule is CCc1ccc(-c2sc(C)c(C)c2CO)cc1. The van der Waals surface area contributed by atoms with E-state index in [0.717, 1.165) is 12.0 Å². The molecule has 0 aliphatic heterocycles. The van der Waals surface area contributed by atoms with E-state index in [1.807, 2.05) is 0 Å². The van der Waals surface area contributed by atoms with E-state index < -0.39 is 0 Å². The van der Waals surface area contributed by atoms with Crippen LogP contribution in [0.5, 0.6) is 0 Å². The molecule has 0 aliphatic rings. The third kappa shape index (κ3) is 2.28. The van der Waals surface area contributed by atoms with E-state index in [0.29, 0.717) is 0 Å². The van der Waals surface area contributed by atoms with Gasteiger partial charge in [0.05, 0.1) is 6.61 Å². The number of benzene rings is 1. The molecule has 0 fully saturated rings. The zero-order valence-corrected chi connectivity index (χ0v) is 11.4. The van der Waals surface area contributed by atoms with Crippen molar-refractivity contribution in [3.05, 3.63) is 45.8 Å². The standard InChI is InChI=1S/C15H18OS/c1-4-12-5-7-13(8-6-12)15-14(9-16)10(2)11(3)17-15/h5-8,16H,4,9H2,1-3H3. The predicted octanol–water partition coefficient (Wildman–Crippen LogP) is 4.09. The monoisotopic (exact) mass is 246 g/mol. The Morgan fingerprint density at radius 2 is 1.76 bits per heavy atom. The summed E-state index contributed by atoms with van der Waals surface area (Å²) in [4.78, 5) is 2.51. The normalized spacial score (nSPS) is 10.8. The van der Waals surface area contributed by atoms with Gasteiger partial charge in [0.15, 0.2) is 0 Å². The lowest BCUT2D eigenvalue weighted by Crippen LogP contribution is -1.87. The van der Waals surface area contributed by atoms with E-state index in [1.54, 1.807) is 11.3 Å². The number of hydrogen-bond acceptors (Lipinski definition) is 2. The average molecular weight is 246 g/mol. The molecule has 0 spiro atoms. The van der Waals surface area contributed by atoms with Crippen LogP contribution >= 0.6 is 11.3 Å². The van der Waals surface area contributed by atoms with Crippen LogP contribution in [0.15, 0.2) is 24.3 Å². The lowest BCUT2D eigenvalue weighted by Gasteiger charge is -2.04. The Morgan fingerprint density at radius 3 is 2.29 bits per heavy atom. The van der Waals surface area contributed by atoms with Crippen molar-refractivity contribution >= 4 is 11.3 Å². The van der Waals surface area contributed by atoms with Gasteiger partial charge in [-0.3, -0.25) is 0 Å². The van der Waals surface area contributed by atoms with Crippen molar-refractivity contribution < 1.29 is 5.11 Å². The second kappa shape index (κ2) is 5.03. The number of rotatable bonds is 3. The van der Waals surface area contributed by atoms with Gasteiger partial charge in [0.2, 0.25) is 0 Å². The molecule has 0 bridgehead atoms. The molecule has 0 atom stereocenters. The topological polar surface area (TPSA) is 20.2 Å². The summed E-state index contributed by atoms with van der Waals surface area (Å²) < 4.78 is 0. The Balaban J connectivity index is 2.48. The largest absolute Gasteiger partial charge is 0.392 e. The fourth-order valence-electron chi connectivity index (χ4n) is 1.99. The molecule has 0 aliphatic carbocycles. The van der Waals surface area contributed by atoms with Gasteiger partial charge in [-0.25, -0.2) is 0 Å². The third-order valence-corrected chi connectivity index (χ3v) is 4.59. The van der Waals surface area contributed by atoms with E-state index >= 15 is 0 Å². The number of aliphatic hydroxyl groups is 1. The van der Waals surface area contributed by atoms with Crippen molar-refractivity contribution in [2.24, 2.45) is 0 Å². The number of thiophene rings is 1. The van der Waals surface area contributed by atoms with Gasteiger partial charge in [-0.15, -0.1) is 11.3 Å². The highest BCUT2D eigenvalue weighted by atomic mass is 32.1. The van der Waals surface area contributed by atoms with E-state index in [4.69, 9.17) is 0 Å². The Hall–Kier alpha value is -1.12. The maximum atomic E-state index is 9.48. The van der Waals surface area contributed by atoms with E-state index in [1.165, 1.54) is 26.4 Å². The summed E-state index contributed by atoms with van der Waals surface area (Å²) in [5, 5.41) is 9.48. The quantitative estimate of drug-likeness (QED) is 0.865. The lowest BCUT2D eigenvalue weighted by atomic mass is 10.0. The Labute approximate surface area is 107 Å². The summed E-state index contributed by atoms with van der Waals surface area (Å²) >= 11 is 1.77. The fraction of sp³-hybridized carbons (Fsp3) is 0.333. The zero-order valence-electron chi connectivity index (χ0n) is 10.6. The molecule has 0 saturated carbocycles. The van der Waals surface area contributed by atoms with Crippen molar-refractivity contribution in [1.29, 1.82) is 0 Å². The minimum absolute atomic E-state index is 0.126. The summed E-state index contributed by atoms with van der Waals surface area (Å²) in [5.74, 6) is 0. The van der Waals surface area contributed by atoms with Crippen LogP contribution in [0.2, 0.25) is 0 Å². The van der Waals surface area contributed by atoms with Crippen LogP contribution in [0.4, 0.5) is 0 Å². The average Bonchev–Trinajstić information content (AvgIpc) is 2.65. The molecule has 1 aromatic heterocycles. The molecule has 17 heavy (non-hydrogen) atoms. The first-order valence-electron chi connectivity index (χ1n) is 5.96. The Bertz CT molecular complexity index is 508. The third-order valence-electron chi connectivity index (χ3n) is 3.29. The van der Waals surface area contributed by atoms with Crippen molar-refractivity contribution in [3.8, 4) is 10.4 Å². The molecule has 0 saturated heterocycles. The van der Waals surface area contributed by atoms with Gasteiger partial charge in [0, 0.05) is 9.75 Å². The van der Waals surface area contributed by atoms with E-state index in [2.05, 4.69) is 45.0 Å². The van der Waals surface area contributed by atoms with Gasteiger partial charge in [-0.1, -0.05) is 31.2 Å². The van der Waals surface area contributed by atoms with E-state index in [9.17, 15) is 5.11 Å². The first-order valence-corrected chi connectivity index (χ1v) is 6.78. The van der Waals surface area contributed by atoms with Gasteiger partial charge in [0.25, 0.3) is 0 Å². The van der Waals surface area contributed by atoms with Crippen LogP contribution in [-0.4, -0.2) is 5.11 Å². The molecule has 90 valence electrons. The summed E-state index contributed by atoms with van der Waals surface area (Å²) in [7, 11) is 0. The number of aliphatic hydroxyl groups excluding tert-OH is 1. The maximum absolute atomic E-state index is 9.48. The van der Waals surface area contributed by atoms with Crippen LogP contribution in [0.3, 0.4) is 0 Å². The zero-order chi connectivity index (χ0) is 12.4. The minimum Gasteiger partial charge on any atom is -0.392 e. The van der Waals surface area contributed by atoms with Crippen molar-refractivity contribution in [3.63, 3.8) is 0 Å². The summed E-state index contributed by atoms with van der Waals surface area (Å²) in [6, 6.07) is 8.65. The molecular formula is C15H18OS. The minimum atomic E-state index is 0.126. The molecule has 0 unspecified atom stereocenters. The molecule has 1 N–H and O–H groups in total. The molecule has 2 aromatic rings. The highest BCUT2D eigenvalue weighted by molar-refractivity contribution is 7.15. The highest BCUT2D eigenvalue weighted by Gasteiger charge is 2.12. The van der Waals surface area contributed by atoms with Crippen molar-refractivity contribution in [1.82, 2.24) is 0 Å². The van der Waals surface area contributed by atoms with Gasteiger partial charge >= 0.3 is 0 Å².